The SMILES string of the molecule is CCNC1CCC(c2ccco2)C1. The molecule has 2 unspecified atom stereocenters. The molecule has 1 N–H and O–H groups in total. The molecular weight excluding hydrogens is 162 g/mol. The Balaban J connectivity index is 1.91. The summed E-state index contributed by atoms with van der Waals surface area (Å²) < 4.78 is 5.42. The van der Waals surface area contributed by atoms with E-state index < -0.39 is 0 Å². The third-order valence-corrected chi connectivity index (χ3v) is 2.87. The van der Waals surface area contributed by atoms with Gasteiger partial charge in [-0.1, -0.05) is 6.92 Å². The average Bonchev–Trinajstić information content (AvgIpc) is 2.70. The largest absolute Gasteiger partial charge is 0.469 e. The number of furan rings is 1. The van der Waals surface area contributed by atoms with Gasteiger partial charge in [-0.15, -0.1) is 0 Å². The highest BCUT2D eigenvalue weighted by Crippen LogP contribution is 2.34. The minimum Gasteiger partial charge on any atom is -0.469 e. The summed E-state index contributed by atoms with van der Waals surface area (Å²) in [4.78, 5) is 0. The Hall–Kier alpha value is -0.760. The van der Waals surface area contributed by atoms with Crippen LogP contribution in [0.5, 0.6) is 0 Å². The smallest absolute Gasteiger partial charge is 0.106 e. The van der Waals surface area contributed by atoms with Crippen LogP contribution < -0.4 is 5.32 Å². The summed E-state index contributed by atoms with van der Waals surface area (Å²) >= 11 is 0. The molecule has 1 heterocycles. The lowest BCUT2D eigenvalue weighted by molar-refractivity contribution is 0.454. The quantitative estimate of drug-likeness (QED) is 0.771. The maximum atomic E-state index is 5.42. The van der Waals surface area contributed by atoms with Crippen LogP contribution in [-0.2, 0) is 0 Å². The Labute approximate surface area is 79.3 Å². The van der Waals surface area contributed by atoms with E-state index in [-0.39, 0.29) is 0 Å². The lowest BCUT2D eigenvalue weighted by Gasteiger charge is -2.09. The van der Waals surface area contributed by atoms with Crippen molar-refractivity contribution >= 4 is 0 Å². The van der Waals surface area contributed by atoms with Gasteiger partial charge in [0.1, 0.15) is 5.76 Å². The molecule has 2 nitrogen and oxygen atoms in total. The van der Waals surface area contributed by atoms with E-state index >= 15 is 0 Å². The fraction of sp³-hybridized carbons (Fsp3) is 0.636. The van der Waals surface area contributed by atoms with Crippen LogP contribution in [0.1, 0.15) is 37.9 Å². The second-order valence-electron chi connectivity index (χ2n) is 3.78. The van der Waals surface area contributed by atoms with Crippen LogP contribution in [0.15, 0.2) is 22.8 Å². The van der Waals surface area contributed by atoms with Crippen molar-refractivity contribution in [3.63, 3.8) is 0 Å². The average molecular weight is 179 g/mol. The zero-order valence-electron chi connectivity index (χ0n) is 8.12. The first-order valence-electron chi connectivity index (χ1n) is 5.17. The zero-order chi connectivity index (χ0) is 9.10. The van der Waals surface area contributed by atoms with E-state index in [4.69, 9.17) is 4.42 Å². The highest BCUT2D eigenvalue weighted by Gasteiger charge is 2.26. The Morgan fingerprint density at radius 3 is 3.15 bits per heavy atom. The summed E-state index contributed by atoms with van der Waals surface area (Å²) in [6.07, 6.45) is 5.57. The van der Waals surface area contributed by atoms with Crippen molar-refractivity contribution in [1.82, 2.24) is 5.32 Å². The molecule has 2 rings (SSSR count). The summed E-state index contributed by atoms with van der Waals surface area (Å²) in [6, 6.07) is 4.79. The van der Waals surface area contributed by atoms with Gasteiger partial charge in [-0.25, -0.2) is 0 Å². The summed E-state index contributed by atoms with van der Waals surface area (Å²) in [5.41, 5.74) is 0. The maximum absolute atomic E-state index is 5.42. The first-order chi connectivity index (χ1) is 6.40. The number of rotatable bonds is 3. The van der Waals surface area contributed by atoms with Crippen molar-refractivity contribution in [2.24, 2.45) is 0 Å². The minimum atomic E-state index is 0.652. The molecule has 72 valence electrons. The molecule has 1 aromatic heterocycles. The van der Waals surface area contributed by atoms with Crippen molar-refractivity contribution in [2.75, 3.05) is 6.54 Å². The van der Waals surface area contributed by atoms with E-state index in [0.717, 1.165) is 6.54 Å². The normalized spacial score (nSPS) is 28.1. The topological polar surface area (TPSA) is 25.2 Å². The molecule has 1 aliphatic carbocycles. The lowest BCUT2D eigenvalue weighted by Crippen LogP contribution is -2.25. The monoisotopic (exact) mass is 179 g/mol. The van der Waals surface area contributed by atoms with Crippen LogP contribution >= 0.6 is 0 Å². The van der Waals surface area contributed by atoms with Crippen LogP contribution in [0.2, 0.25) is 0 Å². The zero-order valence-corrected chi connectivity index (χ0v) is 8.12. The first-order valence-corrected chi connectivity index (χ1v) is 5.17. The highest BCUT2D eigenvalue weighted by molar-refractivity contribution is 5.08. The van der Waals surface area contributed by atoms with Crippen LogP contribution in [0.3, 0.4) is 0 Å². The Bertz CT molecular complexity index is 243. The molecule has 2 atom stereocenters. The van der Waals surface area contributed by atoms with Gasteiger partial charge in [-0.2, -0.15) is 0 Å². The van der Waals surface area contributed by atoms with Crippen molar-refractivity contribution < 1.29 is 4.42 Å². The Morgan fingerprint density at radius 1 is 1.54 bits per heavy atom. The van der Waals surface area contributed by atoms with Gasteiger partial charge < -0.3 is 9.73 Å². The van der Waals surface area contributed by atoms with E-state index in [1.807, 2.05) is 6.07 Å². The third-order valence-electron chi connectivity index (χ3n) is 2.87. The Kier molecular flexibility index (Phi) is 2.69. The lowest BCUT2D eigenvalue weighted by atomic mass is 10.1. The number of hydrogen-bond donors (Lipinski definition) is 1. The van der Waals surface area contributed by atoms with Crippen LogP contribution in [0, 0.1) is 0 Å². The van der Waals surface area contributed by atoms with Gasteiger partial charge in [0.15, 0.2) is 0 Å². The Morgan fingerprint density at radius 2 is 2.46 bits per heavy atom. The summed E-state index contributed by atoms with van der Waals surface area (Å²) in [6.45, 7) is 3.25. The fourth-order valence-electron chi connectivity index (χ4n) is 2.24. The molecule has 1 aromatic rings. The van der Waals surface area contributed by atoms with E-state index in [1.165, 1.54) is 25.0 Å². The van der Waals surface area contributed by atoms with Gasteiger partial charge >= 0.3 is 0 Å². The van der Waals surface area contributed by atoms with Crippen LogP contribution in [0.25, 0.3) is 0 Å². The van der Waals surface area contributed by atoms with Gasteiger partial charge in [0.05, 0.1) is 6.26 Å². The predicted molar refractivity (Wildman–Crippen MR) is 52.8 cm³/mol. The van der Waals surface area contributed by atoms with Crippen molar-refractivity contribution in [2.45, 2.75) is 38.1 Å². The van der Waals surface area contributed by atoms with Gasteiger partial charge in [0, 0.05) is 12.0 Å². The number of hydrogen-bond acceptors (Lipinski definition) is 2. The molecule has 0 radical (unpaired) electrons. The van der Waals surface area contributed by atoms with E-state index in [1.54, 1.807) is 6.26 Å². The van der Waals surface area contributed by atoms with Crippen LogP contribution in [0.4, 0.5) is 0 Å². The molecule has 0 amide bonds. The summed E-state index contributed by atoms with van der Waals surface area (Å²) in [5.74, 6) is 1.82. The maximum Gasteiger partial charge on any atom is 0.106 e. The third kappa shape index (κ3) is 1.94. The predicted octanol–water partition coefficient (Wildman–Crippen LogP) is 2.53. The fourth-order valence-corrected chi connectivity index (χ4v) is 2.24. The summed E-state index contributed by atoms with van der Waals surface area (Å²) in [7, 11) is 0. The molecule has 1 aliphatic rings. The second kappa shape index (κ2) is 3.97. The van der Waals surface area contributed by atoms with Gasteiger partial charge in [-0.05, 0) is 37.9 Å². The van der Waals surface area contributed by atoms with E-state index in [9.17, 15) is 0 Å². The molecule has 1 fully saturated rings. The number of nitrogens with one attached hydrogen (secondary N) is 1. The molecule has 0 aromatic carbocycles. The molecule has 1 saturated carbocycles. The van der Waals surface area contributed by atoms with Crippen molar-refractivity contribution in [1.29, 1.82) is 0 Å². The first kappa shape index (κ1) is 8.82. The molecule has 13 heavy (non-hydrogen) atoms. The summed E-state index contributed by atoms with van der Waals surface area (Å²) in [5, 5.41) is 3.49. The molecule has 0 bridgehead atoms. The second-order valence-corrected chi connectivity index (χ2v) is 3.78. The van der Waals surface area contributed by atoms with Crippen molar-refractivity contribution in [3.05, 3.63) is 24.2 Å². The molecule has 0 spiro atoms. The molecule has 0 saturated heterocycles. The van der Waals surface area contributed by atoms with E-state index in [0.29, 0.717) is 12.0 Å². The minimum absolute atomic E-state index is 0.652. The van der Waals surface area contributed by atoms with E-state index in [2.05, 4.69) is 18.3 Å². The molecular formula is C11H17NO. The van der Waals surface area contributed by atoms with Gasteiger partial charge in [0.2, 0.25) is 0 Å². The highest BCUT2D eigenvalue weighted by atomic mass is 16.3. The van der Waals surface area contributed by atoms with Gasteiger partial charge in [0.25, 0.3) is 0 Å². The molecule has 2 heteroatoms. The van der Waals surface area contributed by atoms with Crippen molar-refractivity contribution in [3.8, 4) is 0 Å². The van der Waals surface area contributed by atoms with Crippen LogP contribution in [-0.4, -0.2) is 12.6 Å². The van der Waals surface area contributed by atoms with Gasteiger partial charge in [-0.3, -0.25) is 0 Å². The molecule has 0 aliphatic heterocycles. The standard InChI is InChI=1S/C11H17NO/c1-2-12-10-6-5-9(8-10)11-4-3-7-13-11/h3-4,7,9-10,12H,2,5-6,8H2,1H3.